The molecular weight excluding hydrogens is 386 g/mol. The molecule has 0 heterocycles. The maximum absolute atomic E-state index is 12.1. The summed E-state index contributed by atoms with van der Waals surface area (Å²) in [6.45, 7) is 1.80. The molecular formula is C22H29N3O5. The Labute approximate surface area is 176 Å². The number of unbranched alkanes of at least 4 members (excludes halogenated alkanes) is 1. The molecule has 0 spiro atoms. The molecule has 0 fully saturated rings. The number of para-hydroxylation sites is 1. The molecule has 8 nitrogen and oxygen atoms in total. The minimum absolute atomic E-state index is 0.222. The van der Waals surface area contributed by atoms with Crippen molar-refractivity contribution < 1.29 is 24.2 Å². The number of benzene rings is 2. The van der Waals surface area contributed by atoms with Gasteiger partial charge in [0.05, 0.1) is 12.6 Å². The van der Waals surface area contributed by atoms with Gasteiger partial charge in [-0.1, -0.05) is 38.0 Å². The topological polar surface area (TPSA) is 109 Å². The van der Waals surface area contributed by atoms with Crippen LogP contribution in [0.3, 0.4) is 0 Å². The number of amides is 3. The lowest BCUT2D eigenvalue weighted by Gasteiger charge is -2.23. The number of rotatable bonds is 11. The number of methoxy groups -OCH3 is 1. The Morgan fingerprint density at radius 2 is 1.70 bits per heavy atom. The summed E-state index contributed by atoms with van der Waals surface area (Å²) in [7, 11) is 1.37. The second-order valence-electron chi connectivity index (χ2n) is 6.69. The molecule has 0 aliphatic carbocycles. The van der Waals surface area contributed by atoms with E-state index in [1.807, 2.05) is 37.3 Å². The fraction of sp³-hybridized carbons (Fsp3) is 0.364. The summed E-state index contributed by atoms with van der Waals surface area (Å²) in [5, 5.41) is 17.7. The van der Waals surface area contributed by atoms with Gasteiger partial charge in [0.2, 0.25) is 5.91 Å². The monoisotopic (exact) mass is 415 g/mol. The number of aliphatic hydroxyl groups excluding tert-OH is 1. The van der Waals surface area contributed by atoms with Crippen LogP contribution in [0.4, 0.5) is 10.5 Å². The Morgan fingerprint density at radius 1 is 1.03 bits per heavy atom. The van der Waals surface area contributed by atoms with Crippen molar-refractivity contribution in [2.24, 2.45) is 0 Å². The van der Waals surface area contributed by atoms with E-state index >= 15 is 0 Å². The van der Waals surface area contributed by atoms with Gasteiger partial charge < -0.3 is 30.5 Å². The van der Waals surface area contributed by atoms with Gasteiger partial charge in [-0.15, -0.1) is 0 Å². The second-order valence-corrected chi connectivity index (χ2v) is 6.69. The van der Waals surface area contributed by atoms with Gasteiger partial charge in [0.15, 0.2) is 6.29 Å². The lowest BCUT2D eigenvalue weighted by atomic mass is 10.1. The van der Waals surface area contributed by atoms with Crippen LogP contribution in [0.15, 0.2) is 54.6 Å². The summed E-state index contributed by atoms with van der Waals surface area (Å²) < 4.78 is 10.6. The summed E-state index contributed by atoms with van der Waals surface area (Å²) >= 11 is 0. The maximum atomic E-state index is 12.1. The molecule has 3 amide bonds. The van der Waals surface area contributed by atoms with E-state index in [1.165, 1.54) is 7.11 Å². The zero-order valence-corrected chi connectivity index (χ0v) is 17.3. The minimum Gasteiger partial charge on any atom is -0.457 e. The van der Waals surface area contributed by atoms with Crippen LogP contribution in [0.5, 0.6) is 11.5 Å². The van der Waals surface area contributed by atoms with Crippen molar-refractivity contribution in [3.05, 3.63) is 54.6 Å². The molecule has 2 aromatic carbocycles. The number of hydrogen-bond donors (Lipinski definition) is 4. The largest absolute Gasteiger partial charge is 0.457 e. The van der Waals surface area contributed by atoms with Crippen molar-refractivity contribution >= 4 is 17.6 Å². The number of urea groups is 1. The SMILES string of the molecule is CCCCC(NC(=O)CNC(=O)Nc1ccc(Oc2ccccc2)cc1)C(O)OC. The fourth-order valence-electron chi connectivity index (χ4n) is 2.70. The molecule has 30 heavy (non-hydrogen) atoms. The molecule has 2 unspecified atom stereocenters. The lowest BCUT2D eigenvalue weighted by Crippen LogP contribution is -2.48. The van der Waals surface area contributed by atoms with E-state index in [1.54, 1.807) is 24.3 Å². The van der Waals surface area contributed by atoms with Gasteiger partial charge in [-0.2, -0.15) is 0 Å². The van der Waals surface area contributed by atoms with Crippen molar-refractivity contribution in [2.75, 3.05) is 19.0 Å². The van der Waals surface area contributed by atoms with Crippen LogP contribution in [-0.2, 0) is 9.53 Å². The molecule has 2 atom stereocenters. The van der Waals surface area contributed by atoms with Crippen molar-refractivity contribution in [3.8, 4) is 11.5 Å². The lowest BCUT2D eigenvalue weighted by molar-refractivity contribution is -0.129. The molecule has 0 bridgehead atoms. The zero-order valence-electron chi connectivity index (χ0n) is 17.3. The number of anilines is 1. The maximum Gasteiger partial charge on any atom is 0.319 e. The number of carbonyl (C=O) groups excluding carboxylic acids is 2. The van der Waals surface area contributed by atoms with E-state index in [-0.39, 0.29) is 6.54 Å². The molecule has 0 radical (unpaired) electrons. The molecule has 162 valence electrons. The van der Waals surface area contributed by atoms with Crippen molar-refractivity contribution in [1.82, 2.24) is 10.6 Å². The van der Waals surface area contributed by atoms with Crippen LogP contribution in [-0.4, -0.2) is 43.0 Å². The Kier molecular flexibility index (Phi) is 9.63. The second kappa shape index (κ2) is 12.5. The number of carbonyl (C=O) groups is 2. The summed E-state index contributed by atoms with van der Waals surface area (Å²) in [4.78, 5) is 24.1. The summed E-state index contributed by atoms with van der Waals surface area (Å²) in [5.41, 5.74) is 0.559. The number of aliphatic hydroxyl groups is 1. The molecule has 0 saturated carbocycles. The predicted molar refractivity (Wildman–Crippen MR) is 114 cm³/mol. The Balaban J connectivity index is 1.77. The fourth-order valence-corrected chi connectivity index (χ4v) is 2.70. The first-order chi connectivity index (χ1) is 14.5. The highest BCUT2D eigenvalue weighted by atomic mass is 16.6. The summed E-state index contributed by atoms with van der Waals surface area (Å²) in [5.74, 6) is 0.952. The van der Waals surface area contributed by atoms with E-state index in [0.29, 0.717) is 17.9 Å². The van der Waals surface area contributed by atoms with Crippen molar-refractivity contribution in [1.29, 1.82) is 0 Å². The Hall–Kier alpha value is -3.10. The van der Waals surface area contributed by atoms with Crippen molar-refractivity contribution in [2.45, 2.75) is 38.5 Å². The quantitative estimate of drug-likeness (QED) is 0.421. The van der Waals surface area contributed by atoms with Crippen LogP contribution < -0.4 is 20.7 Å². The van der Waals surface area contributed by atoms with Crippen LogP contribution in [0.1, 0.15) is 26.2 Å². The first-order valence-electron chi connectivity index (χ1n) is 9.90. The summed E-state index contributed by atoms with van der Waals surface area (Å²) in [6.07, 6.45) is 1.26. The zero-order chi connectivity index (χ0) is 21.8. The number of hydrogen-bond acceptors (Lipinski definition) is 5. The van der Waals surface area contributed by atoms with E-state index in [2.05, 4.69) is 16.0 Å². The first-order valence-corrected chi connectivity index (χ1v) is 9.90. The minimum atomic E-state index is -1.09. The molecule has 0 aliphatic heterocycles. The normalized spacial score (nSPS) is 12.5. The molecule has 4 N–H and O–H groups in total. The predicted octanol–water partition coefficient (Wildman–Crippen LogP) is 3.24. The number of nitrogens with one attached hydrogen (secondary N) is 3. The molecule has 0 saturated heterocycles. The Morgan fingerprint density at radius 3 is 2.33 bits per heavy atom. The third-order valence-electron chi connectivity index (χ3n) is 4.30. The first kappa shape index (κ1) is 23.2. The summed E-state index contributed by atoms with van der Waals surface area (Å²) in [6, 6.07) is 15.2. The van der Waals surface area contributed by atoms with Gasteiger partial charge in [0.1, 0.15) is 11.5 Å². The van der Waals surface area contributed by atoms with Gasteiger partial charge in [0, 0.05) is 12.8 Å². The third kappa shape index (κ3) is 8.10. The van der Waals surface area contributed by atoms with Gasteiger partial charge >= 0.3 is 6.03 Å². The van der Waals surface area contributed by atoms with Crippen LogP contribution >= 0.6 is 0 Å². The van der Waals surface area contributed by atoms with E-state index in [9.17, 15) is 14.7 Å². The smallest absolute Gasteiger partial charge is 0.319 e. The van der Waals surface area contributed by atoms with Crippen molar-refractivity contribution in [3.63, 3.8) is 0 Å². The highest BCUT2D eigenvalue weighted by Gasteiger charge is 2.20. The molecule has 2 rings (SSSR count). The molecule has 0 aromatic heterocycles. The number of ether oxygens (including phenoxy) is 2. The van der Waals surface area contributed by atoms with Gasteiger partial charge in [-0.3, -0.25) is 4.79 Å². The van der Waals surface area contributed by atoms with Crippen LogP contribution in [0.2, 0.25) is 0 Å². The van der Waals surface area contributed by atoms with E-state index in [0.717, 1.165) is 18.6 Å². The van der Waals surface area contributed by atoms with Crippen LogP contribution in [0, 0.1) is 0 Å². The molecule has 8 heteroatoms. The highest BCUT2D eigenvalue weighted by Crippen LogP contribution is 2.22. The Bertz CT molecular complexity index is 783. The van der Waals surface area contributed by atoms with E-state index in [4.69, 9.17) is 9.47 Å². The highest BCUT2D eigenvalue weighted by molar-refractivity contribution is 5.92. The van der Waals surface area contributed by atoms with E-state index < -0.39 is 24.3 Å². The van der Waals surface area contributed by atoms with Crippen LogP contribution in [0.25, 0.3) is 0 Å². The standard InChI is InChI=1S/C22H29N3O5/c1-3-4-10-19(21(27)29-2)25-20(26)15-23-22(28)24-16-11-13-18(14-12-16)30-17-8-6-5-7-9-17/h5-9,11-14,19,21,27H,3-4,10,15H2,1-2H3,(H,25,26)(H2,23,24,28). The van der Waals surface area contributed by atoms with Gasteiger partial charge in [-0.05, 0) is 42.8 Å². The molecule has 2 aromatic rings. The van der Waals surface area contributed by atoms with Gasteiger partial charge in [0.25, 0.3) is 0 Å². The third-order valence-corrected chi connectivity index (χ3v) is 4.30. The average Bonchev–Trinajstić information content (AvgIpc) is 2.76. The molecule has 0 aliphatic rings. The van der Waals surface area contributed by atoms with Gasteiger partial charge in [-0.25, -0.2) is 4.79 Å². The average molecular weight is 415 g/mol.